The van der Waals surface area contributed by atoms with Crippen LogP contribution in [0, 0.1) is 0 Å². The molecule has 1 aromatic rings. The van der Waals surface area contributed by atoms with E-state index in [9.17, 15) is 8.42 Å². The van der Waals surface area contributed by atoms with E-state index in [1.165, 1.54) is 17.1 Å². The smallest absolute Gasteiger partial charge is 0.250 e. The topological polar surface area (TPSA) is 72.2 Å². The second kappa shape index (κ2) is 6.62. The highest BCUT2D eigenvalue weighted by molar-refractivity contribution is 8.06. The Morgan fingerprint density at radius 1 is 1.39 bits per heavy atom. The molecule has 2 heterocycles. The Kier molecular flexibility index (Phi) is 5.40. The van der Waals surface area contributed by atoms with Crippen molar-refractivity contribution < 1.29 is 8.42 Å². The summed E-state index contributed by atoms with van der Waals surface area (Å²) in [5.41, 5.74) is 5.49. The molecule has 3 N–H and O–H groups in total. The van der Waals surface area contributed by atoms with Crippen molar-refractivity contribution >= 4 is 44.9 Å². The third-order valence-corrected chi connectivity index (χ3v) is 8.36. The first kappa shape index (κ1) is 14.7. The maximum absolute atomic E-state index is 12.0. The summed E-state index contributed by atoms with van der Waals surface area (Å²) in [5.74, 6) is 3.29. The van der Waals surface area contributed by atoms with Crippen molar-refractivity contribution in [3.8, 4) is 0 Å². The molecule has 0 saturated carbocycles. The van der Waals surface area contributed by atoms with Crippen molar-refractivity contribution in [1.29, 1.82) is 0 Å². The first-order valence-corrected chi connectivity index (χ1v) is 10.1. The van der Waals surface area contributed by atoms with E-state index in [4.69, 9.17) is 5.73 Å². The number of sulfonamides is 1. The number of thiophene rings is 1. The van der Waals surface area contributed by atoms with Gasteiger partial charge in [0.1, 0.15) is 4.21 Å². The molecule has 1 unspecified atom stereocenters. The Bertz CT molecular complexity index is 480. The summed E-state index contributed by atoms with van der Waals surface area (Å²) in [7, 11) is -3.36. The van der Waals surface area contributed by atoms with E-state index in [0.29, 0.717) is 22.5 Å². The number of hydrogen-bond acceptors (Lipinski definition) is 6. The molecule has 1 aliphatic heterocycles. The van der Waals surface area contributed by atoms with Crippen LogP contribution in [0.25, 0.3) is 0 Å². The van der Waals surface area contributed by atoms with Gasteiger partial charge in [0.25, 0.3) is 0 Å². The highest BCUT2D eigenvalue weighted by Crippen LogP contribution is 2.25. The second-order valence-corrected chi connectivity index (χ2v) is 9.56. The lowest BCUT2D eigenvalue weighted by Gasteiger charge is -2.20. The molecule has 0 radical (unpaired) electrons. The van der Waals surface area contributed by atoms with Crippen molar-refractivity contribution in [2.75, 3.05) is 23.8 Å². The largest absolute Gasteiger partial charge is 0.326 e. The van der Waals surface area contributed by atoms with E-state index in [1.54, 1.807) is 12.1 Å². The fourth-order valence-corrected chi connectivity index (χ4v) is 6.62. The fraction of sp³-hybridized carbons (Fsp3) is 0.600. The number of rotatable bonds is 5. The lowest BCUT2D eigenvalue weighted by Crippen LogP contribution is -2.33. The molecule has 1 fully saturated rings. The molecule has 0 spiro atoms. The Balaban J connectivity index is 1.94. The third kappa shape index (κ3) is 3.88. The molecular formula is C10H16N2O2S4. The zero-order valence-corrected chi connectivity index (χ0v) is 13.1. The van der Waals surface area contributed by atoms with Crippen LogP contribution in [-0.4, -0.2) is 37.5 Å². The van der Waals surface area contributed by atoms with Crippen LogP contribution >= 0.6 is 34.9 Å². The Morgan fingerprint density at radius 3 is 2.83 bits per heavy atom. The van der Waals surface area contributed by atoms with E-state index in [1.807, 2.05) is 23.5 Å². The van der Waals surface area contributed by atoms with Crippen LogP contribution in [-0.2, 0) is 16.6 Å². The van der Waals surface area contributed by atoms with Gasteiger partial charge in [-0.15, -0.1) is 11.3 Å². The van der Waals surface area contributed by atoms with Gasteiger partial charge in [-0.2, -0.15) is 23.5 Å². The highest BCUT2D eigenvalue weighted by Gasteiger charge is 2.20. The van der Waals surface area contributed by atoms with Crippen molar-refractivity contribution in [2.24, 2.45) is 5.73 Å². The predicted octanol–water partition coefficient (Wildman–Crippen LogP) is 1.33. The lowest BCUT2D eigenvalue weighted by atomic mass is 10.5. The summed E-state index contributed by atoms with van der Waals surface area (Å²) in [6.45, 7) is 0.894. The average molecular weight is 325 g/mol. The van der Waals surface area contributed by atoms with Gasteiger partial charge >= 0.3 is 0 Å². The fourth-order valence-electron chi connectivity index (χ4n) is 1.54. The molecule has 2 rings (SSSR count). The minimum atomic E-state index is -3.36. The molecule has 0 bridgehead atoms. The first-order valence-electron chi connectivity index (χ1n) is 5.59. The maximum Gasteiger partial charge on any atom is 0.250 e. The Morgan fingerprint density at radius 2 is 2.22 bits per heavy atom. The summed E-state index contributed by atoms with van der Waals surface area (Å²) < 4.78 is 27.1. The van der Waals surface area contributed by atoms with Crippen molar-refractivity contribution in [1.82, 2.24) is 4.72 Å². The molecule has 0 aliphatic carbocycles. The molecule has 0 amide bonds. The van der Waals surface area contributed by atoms with E-state index >= 15 is 0 Å². The molecule has 8 heteroatoms. The molecular weight excluding hydrogens is 308 g/mol. The highest BCUT2D eigenvalue weighted by atomic mass is 32.2. The van der Waals surface area contributed by atoms with Crippen LogP contribution < -0.4 is 10.5 Å². The van der Waals surface area contributed by atoms with E-state index < -0.39 is 10.0 Å². The minimum absolute atomic E-state index is 0.358. The number of thioether (sulfide) groups is 2. The van der Waals surface area contributed by atoms with Gasteiger partial charge in [0.05, 0.1) is 0 Å². The standard InChI is InChI=1S/C10H16N2O2S4/c11-5-8-1-2-10(17-8)18(13,14)12-6-9-7-15-3-4-16-9/h1-2,9,12H,3-7,11H2. The zero-order valence-electron chi connectivity index (χ0n) is 9.79. The summed E-state index contributed by atoms with van der Waals surface area (Å²) in [4.78, 5) is 0.887. The van der Waals surface area contributed by atoms with Crippen LogP contribution in [0.1, 0.15) is 4.88 Å². The molecule has 1 saturated heterocycles. The summed E-state index contributed by atoms with van der Waals surface area (Å²) in [6.07, 6.45) is 0. The van der Waals surface area contributed by atoms with Gasteiger partial charge in [0.15, 0.2) is 0 Å². The van der Waals surface area contributed by atoms with Gasteiger partial charge in [-0.25, -0.2) is 13.1 Å². The van der Waals surface area contributed by atoms with Gasteiger partial charge in [0.2, 0.25) is 10.0 Å². The quantitative estimate of drug-likeness (QED) is 0.855. The maximum atomic E-state index is 12.0. The molecule has 4 nitrogen and oxygen atoms in total. The van der Waals surface area contributed by atoms with E-state index in [0.717, 1.165) is 16.4 Å². The van der Waals surface area contributed by atoms with Gasteiger partial charge < -0.3 is 5.73 Å². The van der Waals surface area contributed by atoms with Crippen LogP contribution in [0.3, 0.4) is 0 Å². The zero-order chi connectivity index (χ0) is 13.0. The van der Waals surface area contributed by atoms with Crippen molar-refractivity contribution in [3.05, 3.63) is 17.0 Å². The SMILES string of the molecule is NCc1ccc(S(=O)(=O)NCC2CSCCS2)s1. The molecule has 1 aliphatic rings. The Labute approximate surface area is 120 Å². The monoisotopic (exact) mass is 324 g/mol. The first-order chi connectivity index (χ1) is 8.62. The van der Waals surface area contributed by atoms with E-state index in [-0.39, 0.29) is 0 Å². The van der Waals surface area contributed by atoms with Crippen LogP contribution in [0.15, 0.2) is 16.3 Å². The summed E-state index contributed by atoms with van der Waals surface area (Å²) >= 11 is 4.97. The Hall–Kier alpha value is 0.270. The number of nitrogens with one attached hydrogen (secondary N) is 1. The van der Waals surface area contributed by atoms with Gasteiger partial charge in [-0.1, -0.05) is 0 Å². The van der Waals surface area contributed by atoms with Crippen molar-refractivity contribution in [3.63, 3.8) is 0 Å². The molecule has 1 atom stereocenters. The molecule has 18 heavy (non-hydrogen) atoms. The molecule has 1 aromatic heterocycles. The molecule has 102 valence electrons. The average Bonchev–Trinajstić information content (AvgIpc) is 2.87. The van der Waals surface area contributed by atoms with Gasteiger partial charge in [-0.3, -0.25) is 0 Å². The van der Waals surface area contributed by atoms with Crippen LogP contribution in [0.2, 0.25) is 0 Å². The number of nitrogens with two attached hydrogens (primary N) is 1. The van der Waals surface area contributed by atoms with E-state index in [2.05, 4.69) is 4.72 Å². The summed E-state index contributed by atoms with van der Waals surface area (Å²) in [5, 5.41) is 0.382. The summed E-state index contributed by atoms with van der Waals surface area (Å²) in [6, 6.07) is 3.39. The third-order valence-electron chi connectivity index (χ3n) is 2.49. The minimum Gasteiger partial charge on any atom is -0.326 e. The van der Waals surface area contributed by atoms with Crippen LogP contribution in [0.4, 0.5) is 0 Å². The second-order valence-electron chi connectivity index (χ2n) is 3.84. The van der Waals surface area contributed by atoms with Gasteiger partial charge in [0, 0.05) is 40.5 Å². The van der Waals surface area contributed by atoms with Crippen LogP contribution in [0.5, 0.6) is 0 Å². The number of hydrogen-bond donors (Lipinski definition) is 2. The normalized spacial score (nSPS) is 21.1. The lowest BCUT2D eigenvalue weighted by molar-refractivity contribution is 0.583. The molecule has 0 aromatic carbocycles. The predicted molar refractivity (Wildman–Crippen MR) is 81.0 cm³/mol. The van der Waals surface area contributed by atoms with Crippen molar-refractivity contribution in [2.45, 2.75) is 16.0 Å². The van der Waals surface area contributed by atoms with Gasteiger partial charge in [-0.05, 0) is 12.1 Å².